The molecule has 3 rings (SSSR count). The van der Waals surface area contributed by atoms with Crippen LogP contribution in [0.15, 0.2) is 47.4 Å². The number of carboxylic acids is 1. The number of carboxylic acid groups (broad SMARTS) is 1. The highest BCUT2D eigenvalue weighted by Gasteiger charge is 2.21. The summed E-state index contributed by atoms with van der Waals surface area (Å²) in [6.45, 7) is 15.2. The minimum atomic E-state index is -0.982. The fraction of sp³-hybridized carbons (Fsp3) is 0.433. The van der Waals surface area contributed by atoms with E-state index >= 15 is 0 Å². The van der Waals surface area contributed by atoms with Gasteiger partial charge in [-0.2, -0.15) is 4.98 Å². The predicted octanol–water partition coefficient (Wildman–Crippen LogP) is 6.65. The van der Waals surface area contributed by atoms with Gasteiger partial charge in [-0.1, -0.05) is 45.0 Å². The topological polar surface area (TPSA) is 120 Å². The SMILES string of the molecule is Cc1cccc(COC(C)C)c1-c1nc(NSc2cccc(C(=O)O)c2)nc(OC[C@H](N)CC(C)(C)C)c1C. The van der Waals surface area contributed by atoms with Gasteiger partial charge in [-0.05, 0) is 80.8 Å². The number of nitrogens with one attached hydrogen (secondary N) is 1. The Balaban J connectivity index is 2.00. The Kier molecular flexibility index (Phi) is 10.4. The van der Waals surface area contributed by atoms with Crippen molar-refractivity contribution in [1.82, 2.24) is 9.97 Å². The van der Waals surface area contributed by atoms with E-state index in [0.717, 1.165) is 39.3 Å². The van der Waals surface area contributed by atoms with Crippen molar-refractivity contribution in [3.8, 4) is 17.1 Å². The first-order chi connectivity index (χ1) is 18.3. The number of nitrogens with zero attached hydrogens (tertiary/aromatic N) is 2. The smallest absolute Gasteiger partial charge is 0.335 e. The Hall–Kier alpha value is -3.14. The van der Waals surface area contributed by atoms with E-state index in [0.29, 0.717) is 25.0 Å². The van der Waals surface area contributed by atoms with Gasteiger partial charge in [0.25, 0.3) is 0 Å². The number of aromatic carboxylic acids is 1. The van der Waals surface area contributed by atoms with Gasteiger partial charge in [0.2, 0.25) is 11.8 Å². The molecule has 0 saturated carbocycles. The lowest BCUT2D eigenvalue weighted by molar-refractivity contribution is 0.0659. The number of rotatable bonds is 12. The zero-order chi connectivity index (χ0) is 28.7. The number of ether oxygens (including phenoxy) is 2. The number of benzene rings is 2. The van der Waals surface area contributed by atoms with Crippen LogP contribution in [0.1, 0.15) is 68.1 Å². The molecule has 0 radical (unpaired) electrons. The summed E-state index contributed by atoms with van der Waals surface area (Å²) in [7, 11) is 0. The highest BCUT2D eigenvalue weighted by atomic mass is 32.2. The normalized spacial score (nSPS) is 12.4. The minimum absolute atomic E-state index is 0.0783. The van der Waals surface area contributed by atoms with Crippen molar-refractivity contribution in [2.45, 2.75) is 78.5 Å². The molecule has 0 fully saturated rings. The average molecular weight is 553 g/mol. The van der Waals surface area contributed by atoms with Crippen molar-refractivity contribution >= 4 is 23.9 Å². The van der Waals surface area contributed by atoms with Gasteiger partial charge in [-0.25, -0.2) is 9.78 Å². The number of anilines is 1. The first kappa shape index (κ1) is 30.4. The van der Waals surface area contributed by atoms with E-state index in [2.05, 4.69) is 43.5 Å². The van der Waals surface area contributed by atoms with E-state index in [1.807, 2.05) is 39.0 Å². The molecule has 0 unspecified atom stereocenters. The number of aromatic nitrogens is 2. The van der Waals surface area contributed by atoms with Crippen molar-refractivity contribution in [3.05, 3.63) is 64.7 Å². The van der Waals surface area contributed by atoms with Gasteiger partial charge in [-0.3, -0.25) is 4.72 Å². The van der Waals surface area contributed by atoms with E-state index in [-0.39, 0.29) is 23.1 Å². The molecule has 0 bridgehead atoms. The van der Waals surface area contributed by atoms with Crippen LogP contribution in [0.5, 0.6) is 5.88 Å². The van der Waals surface area contributed by atoms with Crippen molar-refractivity contribution in [2.75, 3.05) is 11.3 Å². The largest absolute Gasteiger partial charge is 0.478 e. The van der Waals surface area contributed by atoms with E-state index in [9.17, 15) is 9.90 Å². The maximum Gasteiger partial charge on any atom is 0.335 e. The lowest BCUT2D eigenvalue weighted by atomic mass is 9.89. The van der Waals surface area contributed by atoms with Crippen molar-refractivity contribution in [3.63, 3.8) is 0 Å². The molecule has 0 aliphatic rings. The zero-order valence-electron chi connectivity index (χ0n) is 23.9. The van der Waals surface area contributed by atoms with Gasteiger partial charge < -0.3 is 20.3 Å². The highest BCUT2D eigenvalue weighted by molar-refractivity contribution is 8.00. The summed E-state index contributed by atoms with van der Waals surface area (Å²) in [5.74, 6) is -0.185. The lowest BCUT2D eigenvalue weighted by Gasteiger charge is -2.24. The van der Waals surface area contributed by atoms with Gasteiger partial charge in [0.05, 0.1) is 24.0 Å². The Labute approximate surface area is 235 Å². The third-order valence-electron chi connectivity index (χ3n) is 5.92. The first-order valence-corrected chi connectivity index (χ1v) is 13.9. The number of aryl methyl sites for hydroxylation is 1. The molecule has 1 aromatic heterocycles. The highest BCUT2D eigenvalue weighted by Crippen LogP contribution is 2.35. The maximum absolute atomic E-state index is 11.4. The first-order valence-electron chi connectivity index (χ1n) is 13.1. The molecule has 0 spiro atoms. The Morgan fingerprint density at radius 1 is 1.13 bits per heavy atom. The van der Waals surface area contributed by atoms with Crippen LogP contribution in [0, 0.1) is 19.3 Å². The second kappa shape index (κ2) is 13.3. The second-order valence-corrected chi connectivity index (χ2v) is 12.0. The van der Waals surface area contributed by atoms with Crippen molar-refractivity contribution < 1.29 is 19.4 Å². The average Bonchev–Trinajstić information content (AvgIpc) is 2.85. The van der Waals surface area contributed by atoms with Crippen molar-refractivity contribution in [2.24, 2.45) is 11.1 Å². The summed E-state index contributed by atoms with van der Waals surface area (Å²) in [6, 6.07) is 12.6. The molecular weight excluding hydrogens is 512 g/mol. The van der Waals surface area contributed by atoms with Gasteiger partial charge >= 0.3 is 5.97 Å². The Bertz CT molecular complexity index is 1290. The van der Waals surface area contributed by atoms with Crippen LogP contribution in [0.3, 0.4) is 0 Å². The zero-order valence-corrected chi connectivity index (χ0v) is 24.7. The van der Waals surface area contributed by atoms with Gasteiger partial charge in [0.1, 0.15) is 6.61 Å². The van der Waals surface area contributed by atoms with Crippen LogP contribution in [0.25, 0.3) is 11.3 Å². The summed E-state index contributed by atoms with van der Waals surface area (Å²) < 4.78 is 15.3. The van der Waals surface area contributed by atoms with Crippen LogP contribution in [0.4, 0.5) is 5.95 Å². The monoisotopic (exact) mass is 552 g/mol. The molecule has 1 atom stereocenters. The molecule has 9 heteroatoms. The van der Waals surface area contributed by atoms with Crippen LogP contribution in [-0.2, 0) is 11.3 Å². The van der Waals surface area contributed by atoms with E-state index in [4.69, 9.17) is 20.2 Å². The molecule has 210 valence electrons. The molecule has 4 N–H and O–H groups in total. The standard InChI is InChI=1S/C30H40N4O4S/c1-18(2)37-16-22-12-8-10-19(3)25(22)26-20(4)27(38-17-23(31)15-30(5,6)7)33-29(32-26)34-39-24-13-9-11-21(14-24)28(35)36/h8-14,18,23H,15-17,31H2,1-7H3,(H,35,36)(H,32,33,34)/t23-/m1/s1. The van der Waals surface area contributed by atoms with Crippen LogP contribution in [-0.4, -0.2) is 39.8 Å². The fourth-order valence-electron chi connectivity index (χ4n) is 4.20. The fourth-order valence-corrected chi connectivity index (χ4v) is 4.83. The summed E-state index contributed by atoms with van der Waals surface area (Å²) in [6.07, 6.45) is 0.891. The molecule has 1 heterocycles. The molecule has 8 nitrogen and oxygen atoms in total. The number of hydrogen-bond acceptors (Lipinski definition) is 8. The van der Waals surface area contributed by atoms with Gasteiger partial charge in [0, 0.05) is 22.1 Å². The van der Waals surface area contributed by atoms with Crippen LogP contribution >= 0.6 is 11.9 Å². The number of carbonyl (C=O) groups is 1. The predicted molar refractivity (Wildman–Crippen MR) is 157 cm³/mol. The van der Waals surface area contributed by atoms with Crippen LogP contribution < -0.4 is 15.2 Å². The van der Waals surface area contributed by atoms with Gasteiger partial charge in [-0.15, -0.1) is 0 Å². The quantitative estimate of drug-likeness (QED) is 0.212. The molecule has 2 aromatic carbocycles. The second-order valence-electron chi connectivity index (χ2n) is 11.2. The van der Waals surface area contributed by atoms with Gasteiger partial charge in [0.15, 0.2) is 0 Å². The maximum atomic E-state index is 11.4. The number of nitrogens with two attached hydrogens (primary N) is 1. The lowest BCUT2D eigenvalue weighted by Crippen LogP contribution is -2.32. The molecular formula is C30H40N4O4S. The summed E-state index contributed by atoms with van der Waals surface area (Å²) in [5, 5.41) is 9.34. The molecule has 0 aliphatic carbocycles. The molecule has 0 aliphatic heterocycles. The third kappa shape index (κ3) is 8.95. The van der Waals surface area contributed by atoms with E-state index in [1.54, 1.807) is 18.2 Å². The van der Waals surface area contributed by atoms with E-state index < -0.39 is 5.97 Å². The number of hydrogen-bond donors (Lipinski definition) is 3. The minimum Gasteiger partial charge on any atom is -0.478 e. The van der Waals surface area contributed by atoms with Crippen molar-refractivity contribution in [1.29, 1.82) is 0 Å². The summed E-state index contributed by atoms with van der Waals surface area (Å²) in [5.41, 5.74) is 11.3. The Morgan fingerprint density at radius 2 is 1.85 bits per heavy atom. The Morgan fingerprint density at radius 3 is 2.51 bits per heavy atom. The molecule has 0 saturated heterocycles. The molecule has 0 amide bonds. The molecule has 39 heavy (non-hydrogen) atoms. The third-order valence-corrected chi connectivity index (χ3v) is 6.69. The molecule has 3 aromatic rings. The van der Waals surface area contributed by atoms with E-state index in [1.165, 1.54) is 11.9 Å². The summed E-state index contributed by atoms with van der Waals surface area (Å²) >= 11 is 1.24. The van der Waals surface area contributed by atoms with Crippen LogP contribution in [0.2, 0.25) is 0 Å². The summed E-state index contributed by atoms with van der Waals surface area (Å²) in [4.78, 5) is 21.7.